The maximum Gasteiger partial charge on any atom is 0.470 e. The van der Waals surface area contributed by atoms with E-state index >= 15 is 0 Å². The average Bonchev–Trinajstić information content (AvgIpc) is 2.93. The smallest absolute Gasteiger partial charge is 0.470 e. The predicted octanol–water partition coefficient (Wildman–Crippen LogP) is 6.77. The van der Waals surface area contributed by atoms with Crippen LogP contribution in [0.5, 0.6) is 17.2 Å². The van der Waals surface area contributed by atoms with Crippen molar-refractivity contribution in [1.29, 1.82) is 0 Å². The summed E-state index contributed by atoms with van der Waals surface area (Å²) in [6.45, 7) is 21.0. The molecule has 1 heterocycles. The first-order valence-electron chi connectivity index (χ1n) is 12.4. The Morgan fingerprint density at radius 3 is 1.60 bits per heavy atom. The number of hydrogen-bond acceptors (Lipinski definition) is 5. The van der Waals surface area contributed by atoms with Crippen LogP contribution >= 0.6 is 0 Å². The standard InChI is InChI=1S/C29H43BO5/c1-26(2,3)20-15-19(16-21(25(20)31)27(4,5)6)24(30-34-28(7,8)29(9,10)35-30)18-13-14-22(32-11)23(17-18)33-12/h13-17,24,31H,1-12H3. The van der Waals surface area contributed by atoms with Gasteiger partial charge in [-0.1, -0.05) is 59.7 Å². The summed E-state index contributed by atoms with van der Waals surface area (Å²) in [6, 6.07) is 10.2. The van der Waals surface area contributed by atoms with Gasteiger partial charge in [0.05, 0.1) is 25.4 Å². The van der Waals surface area contributed by atoms with Crippen LogP contribution in [0.25, 0.3) is 0 Å². The highest BCUT2D eigenvalue weighted by atomic mass is 16.7. The quantitative estimate of drug-likeness (QED) is 0.477. The fraction of sp³-hybridized carbons (Fsp3) is 0.586. The van der Waals surface area contributed by atoms with Gasteiger partial charge in [0, 0.05) is 5.82 Å². The van der Waals surface area contributed by atoms with E-state index in [2.05, 4.69) is 81.4 Å². The van der Waals surface area contributed by atoms with E-state index in [1.54, 1.807) is 14.2 Å². The lowest BCUT2D eigenvalue weighted by Crippen LogP contribution is -2.41. The Balaban J connectivity index is 2.32. The molecule has 192 valence electrons. The Morgan fingerprint density at radius 1 is 0.743 bits per heavy atom. The lowest BCUT2D eigenvalue weighted by atomic mass is 9.63. The molecule has 0 bridgehead atoms. The summed E-state index contributed by atoms with van der Waals surface area (Å²) < 4.78 is 24.3. The summed E-state index contributed by atoms with van der Waals surface area (Å²) in [5.74, 6) is 1.42. The van der Waals surface area contributed by atoms with Gasteiger partial charge in [0.1, 0.15) is 5.75 Å². The van der Waals surface area contributed by atoms with Gasteiger partial charge in [-0.25, -0.2) is 0 Å². The zero-order chi connectivity index (χ0) is 26.6. The van der Waals surface area contributed by atoms with Crippen molar-refractivity contribution in [2.24, 2.45) is 0 Å². The predicted molar refractivity (Wildman–Crippen MR) is 143 cm³/mol. The zero-order valence-electron chi connectivity index (χ0n) is 23.6. The molecule has 2 aromatic rings. The van der Waals surface area contributed by atoms with Crippen LogP contribution < -0.4 is 9.47 Å². The SMILES string of the molecule is COc1ccc(C(B2OC(C)(C)C(C)(C)O2)c2cc(C(C)(C)C)c(O)c(C(C)(C)C)c2)cc1OC. The van der Waals surface area contributed by atoms with E-state index in [1.165, 1.54) is 0 Å². The molecule has 0 spiro atoms. The molecule has 0 amide bonds. The molecule has 1 N–H and O–H groups in total. The minimum atomic E-state index is -0.525. The van der Waals surface area contributed by atoms with Crippen molar-refractivity contribution in [3.63, 3.8) is 0 Å². The Morgan fingerprint density at radius 2 is 1.20 bits per heavy atom. The van der Waals surface area contributed by atoms with Crippen molar-refractivity contribution in [3.8, 4) is 17.2 Å². The lowest BCUT2D eigenvalue weighted by Gasteiger charge is -2.32. The molecular weight excluding hydrogens is 439 g/mol. The molecule has 1 saturated heterocycles. The molecule has 0 saturated carbocycles. The highest BCUT2D eigenvalue weighted by Crippen LogP contribution is 2.47. The summed E-state index contributed by atoms with van der Waals surface area (Å²) in [7, 11) is 2.75. The minimum absolute atomic E-state index is 0.251. The second-order valence-electron chi connectivity index (χ2n) is 12.7. The first kappa shape index (κ1) is 27.4. The third-order valence-corrected chi connectivity index (χ3v) is 7.42. The zero-order valence-corrected chi connectivity index (χ0v) is 23.6. The molecule has 0 aromatic heterocycles. The van der Waals surface area contributed by atoms with Gasteiger partial charge in [0.15, 0.2) is 11.5 Å². The highest BCUT2D eigenvalue weighted by molar-refractivity contribution is 6.48. The number of methoxy groups -OCH3 is 2. The highest BCUT2D eigenvalue weighted by Gasteiger charge is 2.54. The fourth-order valence-corrected chi connectivity index (χ4v) is 4.56. The number of phenols is 1. The van der Waals surface area contributed by atoms with E-state index in [0.29, 0.717) is 17.2 Å². The van der Waals surface area contributed by atoms with E-state index in [-0.39, 0.29) is 16.6 Å². The Hall–Kier alpha value is -2.18. The lowest BCUT2D eigenvalue weighted by molar-refractivity contribution is 0.00578. The van der Waals surface area contributed by atoms with Gasteiger partial charge in [-0.15, -0.1) is 0 Å². The Kier molecular flexibility index (Phi) is 7.08. The number of benzene rings is 2. The minimum Gasteiger partial charge on any atom is -0.507 e. The number of ether oxygens (including phenoxy) is 2. The topological polar surface area (TPSA) is 57.2 Å². The Labute approximate surface area is 212 Å². The number of aromatic hydroxyl groups is 1. The van der Waals surface area contributed by atoms with Gasteiger partial charge in [-0.2, -0.15) is 0 Å². The molecule has 1 aliphatic heterocycles. The molecule has 0 radical (unpaired) electrons. The summed E-state index contributed by atoms with van der Waals surface area (Å²) in [4.78, 5) is 0. The number of hydrogen-bond donors (Lipinski definition) is 1. The van der Waals surface area contributed by atoms with Gasteiger partial charge in [-0.3, -0.25) is 0 Å². The summed E-state index contributed by atoms with van der Waals surface area (Å²) in [5, 5.41) is 11.3. The molecule has 3 rings (SSSR count). The maximum atomic E-state index is 11.3. The monoisotopic (exact) mass is 482 g/mol. The molecule has 1 atom stereocenters. The van der Waals surface area contributed by atoms with Crippen LogP contribution in [0.3, 0.4) is 0 Å². The molecule has 5 nitrogen and oxygen atoms in total. The van der Waals surface area contributed by atoms with Crippen molar-refractivity contribution >= 4 is 7.12 Å². The van der Waals surface area contributed by atoms with E-state index in [0.717, 1.165) is 22.3 Å². The van der Waals surface area contributed by atoms with Crippen LogP contribution in [0.15, 0.2) is 30.3 Å². The largest absolute Gasteiger partial charge is 0.507 e. The van der Waals surface area contributed by atoms with E-state index in [1.807, 2.05) is 18.2 Å². The number of phenolic OH excluding ortho intramolecular Hbond substituents is 1. The van der Waals surface area contributed by atoms with Crippen LogP contribution in [0.1, 0.15) is 97.3 Å². The summed E-state index contributed by atoms with van der Waals surface area (Å²) >= 11 is 0. The number of rotatable bonds is 5. The van der Waals surface area contributed by atoms with Gasteiger partial charge in [0.25, 0.3) is 0 Å². The van der Waals surface area contributed by atoms with Crippen molar-refractivity contribution in [2.45, 2.75) is 97.1 Å². The molecule has 35 heavy (non-hydrogen) atoms. The third-order valence-electron chi connectivity index (χ3n) is 7.42. The average molecular weight is 482 g/mol. The maximum absolute atomic E-state index is 11.3. The van der Waals surface area contributed by atoms with E-state index < -0.39 is 18.3 Å². The summed E-state index contributed by atoms with van der Waals surface area (Å²) in [6.07, 6.45) is 0. The van der Waals surface area contributed by atoms with Crippen LogP contribution in [0.2, 0.25) is 0 Å². The molecular formula is C29H43BO5. The van der Waals surface area contributed by atoms with Gasteiger partial charge in [0.2, 0.25) is 0 Å². The van der Waals surface area contributed by atoms with Crippen LogP contribution in [-0.2, 0) is 20.1 Å². The Bertz CT molecular complexity index is 1020. The third kappa shape index (κ3) is 5.19. The van der Waals surface area contributed by atoms with Crippen molar-refractivity contribution < 1.29 is 23.9 Å². The second kappa shape index (κ2) is 9.04. The first-order chi connectivity index (χ1) is 15.9. The van der Waals surface area contributed by atoms with Gasteiger partial charge >= 0.3 is 7.12 Å². The van der Waals surface area contributed by atoms with Crippen LogP contribution in [-0.4, -0.2) is 37.6 Å². The molecule has 1 unspecified atom stereocenters. The van der Waals surface area contributed by atoms with Crippen LogP contribution in [0, 0.1) is 0 Å². The molecule has 1 aliphatic rings. The molecule has 0 aliphatic carbocycles. The van der Waals surface area contributed by atoms with Crippen molar-refractivity contribution in [3.05, 3.63) is 52.6 Å². The second-order valence-corrected chi connectivity index (χ2v) is 12.7. The summed E-state index contributed by atoms with van der Waals surface area (Å²) in [5.41, 5.74) is 2.36. The van der Waals surface area contributed by atoms with E-state index in [9.17, 15) is 5.11 Å². The van der Waals surface area contributed by atoms with Crippen molar-refractivity contribution in [1.82, 2.24) is 0 Å². The van der Waals surface area contributed by atoms with Crippen LogP contribution in [0.4, 0.5) is 0 Å². The fourth-order valence-electron chi connectivity index (χ4n) is 4.56. The van der Waals surface area contributed by atoms with Crippen molar-refractivity contribution in [2.75, 3.05) is 14.2 Å². The molecule has 2 aromatic carbocycles. The van der Waals surface area contributed by atoms with Gasteiger partial charge in [-0.05, 0) is 72.9 Å². The molecule has 1 fully saturated rings. The normalized spacial score (nSPS) is 18.5. The van der Waals surface area contributed by atoms with E-state index in [4.69, 9.17) is 18.8 Å². The molecule has 6 heteroatoms. The first-order valence-corrected chi connectivity index (χ1v) is 12.4. The van der Waals surface area contributed by atoms with Gasteiger partial charge < -0.3 is 23.9 Å².